The largest absolute Gasteiger partial charge is 0.497 e. The van der Waals surface area contributed by atoms with Crippen LogP contribution in [0.25, 0.3) is 27.2 Å². The van der Waals surface area contributed by atoms with E-state index in [0.29, 0.717) is 0 Å². The van der Waals surface area contributed by atoms with Gasteiger partial charge >= 0.3 is 0 Å². The molecule has 0 aliphatic rings. The average molecular weight is 248 g/mol. The molecule has 4 rings (SSSR count). The van der Waals surface area contributed by atoms with Gasteiger partial charge in [-0.25, -0.2) is 4.52 Å². The smallest absolute Gasteiger partial charge is 0.119 e. The Morgan fingerprint density at radius 2 is 1.68 bits per heavy atom. The van der Waals surface area contributed by atoms with Gasteiger partial charge in [0.2, 0.25) is 0 Å². The van der Waals surface area contributed by atoms with Crippen LogP contribution in [0, 0.1) is 0 Å². The Hall–Kier alpha value is -2.55. The van der Waals surface area contributed by atoms with Crippen LogP contribution in [-0.4, -0.2) is 16.7 Å². The van der Waals surface area contributed by atoms with Gasteiger partial charge in [0.15, 0.2) is 0 Å². The summed E-state index contributed by atoms with van der Waals surface area (Å²) in [7, 11) is 1.70. The molecule has 0 saturated heterocycles. The summed E-state index contributed by atoms with van der Waals surface area (Å²) in [4.78, 5) is 0. The summed E-state index contributed by atoms with van der Waals surface area (Å²) in [6.45, 7) is 0. The van der Waals surface area contributed by atoms with Crippen LogP contribution in [0.2, 0.25) is 0 Å². The number of benzene rings is 2. The van der Waals surface area contributed by atoms with E-state index in [2.05, 4.69) is 35.4 Å². The second-order valence-electron chi connectivity index (χ2n) is 4.56. The Bertz CT molecular complexity index is 908. The fourth-order valence-corrected chi connectivity index (χ4v) is 2.68. The van der Waals surface area contributed by atoms with E-state index >= 15 is 0 Å². The third-order valence-corrected chi connectivity index (χ3v) is 3.57. The van der Waals surface area contributed by atoms with Gasteiger partial charge in [0.05, 0.1) is 24.3 Å². The van der Waals surface area contributed by atoms with Crippen molar-refractivity contribution in [3.8, 4) is 5.75 Å². The molecule has 0 amide bonds. The topological polar surface area (TPSA) is 26.5 Å². The number of methoxy groups -OCH3 is 1. The van der Waals surface area contributed by atoms with E-state index in [4.69, 9.17) is 4.74 Å². The maximum atomic E-state index is 5.34. The van der Waals surface area contributed by atoms with E-state index in [0.717, 1.165) is 16.8 Å². The van der Waals surface area contributed by atoms with E-state index in [9.17, 15) is 0 Å². The van der Waals surface area contributed by atoms with Crippen LogP contribution in [0.3, 0.4) is 0 Å². The first kappa shape index (κ1) is 10.4. The van der Waals surface area contributed by atoms with Crippen LogP contribution in [0.5, 0.6) is 5.75 Å². The number of fused-ring (bicyclic) bond motifs is 6. The van der Waals surface area contributed by atoms with Crippen LogP contribution in [0.15, 0.2) is 54.7 Å². The molecular formula is C16H12N2O. The zero-order valence-electron chi connectivity index (χ0n) is 10.5. The number of rotatable bonds is 1. The molecule has 3 nitrogen and oxygen atoms in total. The van der Waals surface area contributed by atoms with Gasteiger partial charge in [-0.15, -0.1) is 0 Å². The van der Waals surface area contributed by atoms with Crippen LogP contribution in [0.1, 0.15) is 0 Å². The van der Waals surface area contributed by atoms with E-state index in [-0.39, 0.29) is 0 Å². The molecule has 3 heteroatoms. The second kappa shape index (κ2) is 3.72. The molecule has 2 heterocycles. The fraction of sp³-hybridized carbons (Fsp3) is 0.0625. The minimum atomic E-state index is 0.876. The predicted octanol–water partition coefficient (Wildman–Crippen LogP) is 3.65. The van der Waals surface area contributed by atoms with Gasteiger partial charge in [0.25, 0.3) is 0 Å². The maximum Gasteiger partial charge on any atom is 0.119 e. The number of nitrogens with zero attached hydrogens (tertiary/aromatic N) is 2. The molecule has 0 bridgehead atoms. The van der Waals surface area contributed by atoms with Crippen LogP contribution in [0.4, 0.5) is 0 Å². The molecule has 0 N–H and O–H groups in total. The van der Waals surface area contributed by atoms with Gasteiger partial charge in [0.1, 0.15) is 5.75 Å². The molecule has 0 aliphatic heterocycles. The van der Waals surface area contributed by atoms with Gasteiger partial charge in [-0.1, -0.05) is 18.2 Å². The third-order valence-electron chi connectivity index (χ3n) is 3.57. The lowest BCUT2D eigenvalue weighted by molar-refractivity contribution is 0.415. The summed E-state index contributed by atoms with van der Waals surface area (Å²) in [6.07, 6.45) is 1.84. The zero-order valence-corrected chi connectivity index (χ0v) is 10.5. The van der Waals surface area contributed by atoms with Gasteiger partial charge in [-0.3, -0.25) is 0 Å². The molecule has 92 valence electrons. The van der Waals surface area contributed by atoms with Crippen molar-refractivity contribution in [3.63, 3.8) is 0 Å². The molecule has 2 aromatic carbocycles. The summed E-state index contributed by atoms with van der Waals surface area (Å²) in [5.41, 5.74) is 2.24. The molecule has 0 atom stereocenters. The number of pyridine rings is 1. The van der Waals surface area contributed by atoms with Crippen molar-refractivity contribution in [2.24, 2.45) is 0 Å². The first-order valence-electron chi connectivity index (χ1n) is 6.21. The van der Waals surface area contributed by atoms with Crippen molar-refractivity contribution < 1.29 is 4.74 Å². The maximum absolute atomic E-state index is 5.34. The highest BCUT2D eigenvalue weighted by atomic mass is 16.5. The summed E-state index contributed by atoms with van der Waals surface area (Å²) in [5.74, 6) is 0.876. The molecule has 4 aromatic rings. The van der Waals surface area contributed by atoms with Crippen LogP contribution >= 0.6 is 0 Å². The molecule has 0 unspecified atom stereocenters. The molecular weight excluding hydrogens is 236 g/mol. The first-order chi connectivity index (χ1) is 9.38. The molecule has 0 spiro atoms. The van der Waals surface area contributed by atoms with Crippen molar-refractivity contribution in [1.29, 1.82) is 0 Å². The van der Waals surface area contributed by atoms with Crippen molar-refractivity contribution in [1.82, 2.24) is 9.61 Å². The minimum absolute atomic E-state index is 0.876. The number of para-hydroxylation sites is 1. The lowest BCUT2D eigenvalue weighted by Gasteiger charge is -2.09. The molecule has 0 radical (unpaired) electrons. The standard InChI is InChI=1S/C16H12N2O/c1-19-11-6-7-13-14(10-11)12-4-2-3-5-15(12)18-16(13)8-9-17-18/h2-10H,1H3. The van der Waals surface area contributed by atoms with Crippen molar-refractivity contribution >= 4 is 27.2 Å². The van der Waals surface area contributed by atoms with E-state index in [1.165, 1.54) is 16.2 Å². The van der Waals surface area contributed by atoms with E-state index in [1.54, 1.807) is 7.11 Å². The van der Waals surface area contributed by atoms with E-state index in [1.807, 2.05) is 28.9 Å². The molecule has 0 aliphatic carbocycles. The van der Waals surface area contributed by atoms with Crippen molar-refractivity contribution in [2.45, 2.75) is 0 Å². The minimum Gasteiger partial charge on any atom is -0.497 e. The number of hydrogen-bond donors (Lipinski definition) is 0. The average Bonchev–Trinajstić information content (AvgIpc) is 2.96. The lowest BCUT2D eigenvalue weighted by atomic mass is 10.0. The monoisotopic (exact) mass is 248 g/mol. The Morgan fingerprint density at radius 1 is 0.895 bits per heavy atom. The van der Waals surface area contributed by atoms with Gasteiger partial charge in [0, 0.05) is 10.8 Å². The number of ether oxygens (including phenoxy) is 1. The zero-order chi connectivity index (χ0) is 12.8. The van der Waals surface area contributed by atoms with E-state index < -0.39 is 0 Å². The highest BCUT2D eigenvalue weighted by Gasteiger charge is 2.09. The number of aromatic nitrogens is 2. The Labute approximate surface area is 110 Å². The number of hydrogen-bond acceptors (Lipinski definition) is 2. The molecule has 0 saturated carbocycles. The third kappa shape index (κ3) is 1.35. The summed E-state index contributed by atoms with van der Waals surface area (Å²) >= 11 is 0. The van der Waals surface area contributed by atoms with Gasteiger partial charge in [-0.05, 0) is 35.7 Å². The Kier molecular flexibility index (Phi) is 2.03. The Morgan fingerprint density at radius 3 is 2.58 bits per heavy atom. The van der Waals surface area contributed by atoms with Crippen LogP contribution in [-0.2, 0) is 0 Å². The van der Waals surface area contributed by atoms with Crippen molar-refractivity contribution in [3.05, 3.63) is 54.7 Å². The highest BCUT2D eigenvalue weighted by Crippen LogP contribution is 2.31. The predicted molar refractivity (Wildman–Crippen MR) is 76.8 cm³/mol. The highest BCUT2D eigenvalue weighted by molar-refractivity contribution is 6.12. The first-order valence-corrected chi connectivity index (χ1v) is 6.21. The molecule has 0 fully saturated rings. The lowest BCUT2D eigenvalue weighted by Crippen LogP contribution is -1.92. The second-order valence-corrected chi connectivity index (χ2v) is 4.56. The van der Waals surface area contributed by atoms with Gasteiger partial charge < -0.3 is 4.74 Å². The fourth-order valence-electron chi connectivity index (χ4n) is 2.68. The van der Waals surface area contributed by atoms with Crippen LogP contribution < -0.4 is 4.74 Å². The summed E-state index contributed by atoms with van der Waals surface area (Å²) in [5, 5.41) is 8.00. The normalized spacial score (nSPS) is 11.4. The van der Waals surface area contributed by atoms with Gasteiger partial charge in [-0.2, -0.15) is 5.10 Å². The quantitative estimate of drug-likeness (QED) is 0.481. The Balaban J connectivity index is 2.35. The molecule has 2 aromatic heterocycles. The summed E-state index contributed by atoms with van der Waals surface area (Å²) < 4.78 is 7.33. The molecule has 19 heavy (non-hydrogen) atoms. The van der Waals surface area contributed by atoms with Crippen molar-refractivity contribution in [2.75, 3.05) is 7.11 Å². The SMILES string of the molecule is COc1ccc2c(c1)c1ccccc1n1nccc21. The summed E-state index contributed by atoms with van der Waals surface area (Å²) in [6, 6.07) is 16.5.